The SMILES string of the molecule is CCN(C)C(=O)C1CCNC(=O)C1. The molecule has 1 N–H and O–H groups in total. The fourth-order valence-electron chi connectivity index (χ4n) is 1.46. The van der Waals surface area contributed by atoms with Crippen LogP contribution in [-0.4, -0.2) is 36.9 Å². The maximum atomic E-state index is 11.6. The molecule has 0 aromatic rings. The minimum Gasteiger partial charge on any atom is -0.356 e. The average molecular weight is 184 g/mol. The van der Waals surface area contributed by atoms with Gasteiger partial charge >= 0.3 is 0 Å². The summed E-state index contributed by atoms with van der Waals surface area (Å²) in [5, 5.41) is 2.71. The van der Waals surface area contributed by atoms with Crippen molar-refractivity contribution < 1.29 is 9.59 Å². The van der Waals surface area contributed by atoms with E-state index < -0.39 is 0 Å². The maximum absolute atomic E-state index is 11.6. The standard InChI is InChI=1S/C9H16N2O2/c1-3-11(2)9(13)7-4-5-10-8(12)6-7/h7H,3-6H2,1-2H3,(H,10,12). The molecular weight excluding hydrogens is 168 g/mol. The molecule has 1 atom stereocenters. The third-order valence-corrected chi connectivity index (χ3v) is 2.45. The molecule has 0 aromatic carbocycles. The minimum absolute atomic E-state index is 0.00546. The van der Waals surface area contributed by atoms with Gasteiger partial charge in [0.25, 0.3) is 0 Å². The van der Waals surface area contributed by atoms with Crippen LogP contribution in [0.15, 0.2) is 0 Å². The number of rotatable bonds is 2. The molecule has 1 saturated heterocycles. The van der Waals surface area contributed by atoms with Crippen LogP contribution in [0.25, 0.3) is 0 Å². The molecule has 0 aliphatic carbocycles. The predicted molar refractivity (Wildman–Crippen MR) is 49.0 cm³/mol. The highest BCUT2D eigenvalue weighted by molar-refractivity contribution is 5.86. The molecule has 0 bridgehead atoms. The second-order valence-electron chi connectivity index (χ2n) is 3.39. The van der Waals surface area contributed by atoms with Crippen LogP contribution in [0.3, 0.4) is 0 Å². The minimum atomic E-state index is -0.0984. The molecule has 74 valence electrons. The Balaban J connectivity index is 2.50. The van der Waals surface area contributed by atoms with Crippen molar-refractivity contribution in [3.05, 3.63) is 0 Å². The van der Waals surface area contributed by atoms with Crippen LogP contribution in [0.5, 0.6) is 0 Å². The molecule has 1 heterocycles. The summed E-state index contributed by atoms with van der Waals surface area (Å²) in [5.41, 5.74) is 0. The lowest BCUT2D eigenvalue weighted by molar-refractivity contribution is -0.138. The van der Waals surface area contributed by atoms with Gasteiger partial charge in [-0.2, -0.15) is 0 Å². The van der Waals surface area contributed by atoms with Gasteiger partial charge < -0.3 is 10.2 Å². The summed E-state index contributed by atoms with van der Waals surface area (Å²) >= 11 is 0. The van der Waals surface area contributed by atoms with Gasteiger partial charge in [-0.25, -0.2) is 0 Å². The van der Waals surface area contributed by atoms with E-state index >= 15 is 0 Å². The topological polar surface area (TPSA) is 49.4 Å². The quantitative estimate of drug-likeness (QED) is 0.656. The fraction of sp³-hybridized carbons (Fsp3) is 0.778. The van der Waals surface area contributed by atoms with Crippen LogP contribution in [0, 0.1) is 5.92 Å². The number of hydrogen-bond acceptors (Lipinski definition) is 2. The maximum Gasteiger partial charge on any atom is 0.226 e. The van der Waals surface area contributed by atoms with Crippen LogP contribution in [0.1, 0.15) is 19.8 Å². The summed E-state index contributed by atoms with van der Waals surface area (Å²) in [7, 11) is 1.77. The van der Waals surface area contributed by atoms with E-state index in [0.717, 1.165) is 6.42 Å². The molecule has 4 nitrogen and oxygen atoms in total. The zero-order valence-corrected chi connectivity index (χ0v) is 8.17. The Hall–Kier alpha value is -1.06. The van der Waals surface area contributed by atoms with Gasteiger partial charge in [0.1, 0.15) is 0 Å². The first-order chi connectivity index (χ1) is 6.15. The van der Waals surface area contributed by atoms with Gasteiger partial charge in [-0.05, 0) is 13.3 Å². The summed E-state index contributed by atoms with van der Waals surface area (Å²) in [6.45, 7) is 3.27. The summed E-state index contributed by atoms with van der Waals surface area (Å²) in [4.78, 5) is 24.3. The smallest absolute Gasteiger partial charge is 0.226 e. The molecule has 1 aliphatic rings. The Bertz CT molecular complexity index is 216. The predicted octanol–water partition coefficient (Wildman–Crippen LogP) is -0.00910. The van der Waals surface area contributed by atoms with E-state index in [0.29, 0.717) is 19.5 Å². The molecule has 4 heteroatoms. The van der Waals surface area contributed by atoms with Crippen LogP contribution in [-0.2, 0) is 9.59 Å². The van der Waals surface area contributed by atoms with E-state index in [4.69, 9.17) is 0 Å². The lowest BCUT2D eigenvalue weighted by Crippen LogP contribution is -2.41. The van der Waals surface area contributed by atoms with Gasteiger partial charge in [0, 0.05) is 32.5 Å². The number of nitrogens with one attached hydrogen (secondary N) is 1. The summed E-state index contributed by atoms with van der Waals surface area (Å²) < 4.78 is 0. The Morgan fingerprint density at radius 3 is 2.92 bits per heavy atom. The second-order valence-corrected chi connectivity index (χ2v) is 3.39. The van der Waals surface area contributed by atoms with Gasteiger partial charge in [-0.3, -0.25) is 9.59 Å². The first kappa shape index (κ1) is 10.0. The van der Waals surface area contributed by atoms with Gasteiger partial charge in [0.05, 0.1) is 0 Å². The third-order valence-electron chi connectivity index (χ3n) is 2.45. The molecule has 1 unspecified atom stereocenters. The third kappa shape index (κ3) is 2.44. The van der Waals surface area contributed by atoms with Crippen molar-refractivity contribution in [2.24, 2.45) is 5.92 Å². The molecule has 1 aliphatic heterocycles. The van der Waals surface area contributed by atoms with Gasteiger partial charge in [-0.15, -0.1) is 0 Å². The average Bonchev–Trinajstić information content (AvgIpc) is 2.15. The number of carbonyl (C=O) groups is 2. The van der Waals surface area contributed by atoms with Gasteiger partial charge in [-0.1, -0.05) is 0 Å². The normalized spacial score (nSPS) is 22.3. The molecule has 2 amide bonds. The number of carbonyl (C=O) groups excluding carboxylic acids is 2. The van der Waals surface area contributed by atoms with Crippen molar-refractivity contribution in [2.75, 3.05) is 20.1 Å². The van der Waals surface area contributed by atoms with E-state index in [1.54, 1.807) is 11.9 Å². The first-order valence-corrected chi connectivity index (χ1v) is 4.66. The molecule has 1 fully saturated rings. The first-order valence-electron chi connectivity index (χ1n) is 4.66. The monoisotopic (exact) mass is 184 g/mol. The highest BCUT2D eigenvalue weighted by Gasteiger charge is 2.26. The molecule has 0 spiro atoms. The van der Waals surface area contributed by atoms with Crippen molar-refractivity contribution >= 4 is 11.8 Å². The van der Waals surface area contributed by atoms with Crippen LogP contribution < -0.4 is 5.32 Å². The highest BCUT2D eigenvalue weighted by atomic mass is 16.2. The number of nitrogens with zero attached hydrogens (tertiary/aromatic N) is 1. The van der Waals surface area contributed by atoms with Crippen molar-refractivity contribution in [1.29, 1.82) is 0 Å². The van der Waals surface area contributed by atoms with Crippen molar-refractivity contribution in [3.8, 4) is 0 Å². The zero-order chi connectivity index (χ0) is 9.84. The molecule has 0 saturated carbocycles. The van der Waals surface area contributed by atoms with Gasteiger partial charge in [0.2, 0.25) is 11.8 Å². The largest absolute Gasteiger partial charge is 0.356 e. The molecule has 13 heavy (non-hydrogen) atoms. The number of piperidine rings is 1. The Morgan fingerprint density at radius 1 is 1.69 bits per heavy atom. The highest BCUT2D eigenvalue weighted by Crippen LogP contribution is 2.14. The molecule has 1 rings (SSSR count). The van der Waals surface area contributed by atoms with Gasteiger partial charge in [0.15, 0.2) is 0 Å². The molecular formula is C9H16N2O2. The van der Waals surface area contributed by atoms with Crippen molar-refractivity contribution in [3.63, 3.8) is 0 Å². The van der Waals surface area contributed by atoms with Crippen LogP contribution in [0.2, 0.25) is 0 Å². The fourth-order valence-corrected chi connectivity index (χ4v) is 1.46. The lowest BCUT2D eigenvalue weighted by Gasteiger charge is -2.25. The van der Waals surface area contributed by atoms with Crippen molar-refractivity contribution in [2.45, 2.75) is 19.8 Å². The Kier molecular flexibility index (Phi) is 3.28. The van der Waals surface area contributed by atoms with E-state index in [1.165, 1.54) is 0 Å². The van der Waals surface area contributed by atoms with Crippen LogP contribution >= 0.6 is 0 Å². The van der Waals surface area contributed by atoms with E-state index in [9.17, 15) is 9.59 Å². The number of amides is 2. The number of hydrogen-bond donors (Lipinski definition) is 1. The van der Waals surface area contributed by atoms with E-state index in [-0.39, 0.29) is 17.7 Å². The lowest BCUT2D eigenvalue weighted by atomic mass is 9.96. The Labute approximate surface area is 78.3 Å². The Morgan fingerprint density at radius 2 is 2.38 bits per heavy atom. The summed E-state index contributed by atoms with van der Waals surface area (Å²) in [5.74, 6) is -0.00912. The summed E-state index contributed by atoms with van der Waals surface area (Å²) in [6, 6.07) is 0. The van der Waals surface area contributed by atoms with E-state index in [1.807, 2.05) is 6.92 Å². The molecule has 0 aromatic heterocycles. The molecule has 0 radical (unpaired) electrons. The zero-order valence-electron chi connectivity index (χ0n) is 8.17. The second kappa shape index (κ2) is 4.25. The summed E-state index contributed by atoms with van der Waals surface area (Å²) in [6.07, 6.45) is 1.12. The van der Waals surface area contributed by atoms with Crippen molar-refractivity contribution in [1.82, 2.24) is 10.2 Å². The van der Waals surface area contributed by atoms with Crippen LogP contribution in [0.4, 0.5) is 0 Å². The van der Waals surface area contributed by atoms with E-state index in [2.05, 4.69) is 5.32 Å².